The first kappa shape index (κ1) is 16.8. The molecule has 4 heteroatoms. The van der Waals surface area contributed by atoms with Crippen LogP contribution in [-0.4, -0.2) is 49.2 Å². The van der Waals surface area contributed by atoms with Gasteiger partial charge in [-0.05, 0) is 63.6 Å². The molecule has 1 unspecified atom stereocenters. The molecule has 1 heterocycles. The highest BCUT2D eigenvalue weighted by molar-refractivity contribution is 5.82. The summed E-state index contributed by atoms with van der Waals surface area (Å²) in [7, 11) is 0. The molecule has 122 valence electrons. The molecular weight excluding hydrogens is 264 g/mol. The summed E-state index contributed by atoms with van der Waals surface area (Å²) in [5, 5.41) is 3.49. The van der Waals surface area contributed by atoms with Crippen molar-refractivity contribution in [1.29, 1.82) is 0 Å². The van der Waals surface area contributed by atoms with Crippen LogP contribution in [0.5, 0.6) is 0 Å². The van der Waals surface area contributed by atoms with Gasteiger partial charge in [-0.1, -0.05) is 20.8 Å². The van der Waals surface area contributed by atoms with Crippen molar-refractivity contribution >= 4 is 5.97 Å². The lowest BCUT2D eigenvalue weighted by molar-refractivity contribution is -0.153. The van der Waals surface area contributed by atoms with Gasteiger partial charge in [-0.2, -0.15) is 0 Å². The molecule has 1 saturated carbocycles. The molecule has 0 aromatic carbocycles. The van der Waals surface area contributed by atoms with Crippen LogP contribution in [0.15, 0.2) is 0 Å². The summed E-state index contributed by atoms with van der Waals surface area (Å²) in [6, 6.07) is 0. The highest BCUT2D eigenvalue weighted by atomic mass is 16.5. The van der Waals surface area contributed by atoms with Crippen LogP contribution in [0.1, 0.15) is 53.4 Å². The Morgan fingerprint density at radius 1 is 1.29 bits per heavy atom. The van der Waals surface area contributed by atoms with Crippen LogP contribution in [0.2, 0.25) is 0 Å². The van der Waals surface area contributed by atoms with E-state index in [0.717, 1.165) is 39.0 Å². The van der Waals surface area contributed by atoms with E-state index < -0.39 is 5.54 Å². The molecule has 0 spiro atoms. The second-order valence-corrected chi connectivity index (χ2v) is 7.44. The zero-order valence-corrected chi connectivity index (χ0v) is 14.2. The van der Waals surface area contributed by atoms with Gasteiger partial charge in [-0.3, -0.25) is 0 Å². The molecule has 2 fully saturated rings. The normalized spacial score (nSPS) is 25.3. The topological polar surface area (TPSA) is 41.6 Å². The predicted molar refractivity (Wildman–Crippen MR) is 85.2 cm³/mol. The first-order valence-corrected chi connectivity index (χ1v) is 8.58. The van der Waals surface area contributed by atoms with Crippen LogP contribution in [-0.2, 0) is 9.53 Å². The molecule has 1 saturated heterocycles. The largest absolute Gasteiger partial charge is 0.465 e. The van der Waals surface area contributed by atoms with Crippen molar-refractivity contribution in [2.75, 3.05) is 32.8 Å². The molecule has 0 aromatic heterocycles. The van der Waals surface area contributed by atoms with Crippen molar-refractivity contribution in [2.45, 2.75) is 58.9 Å². The Morgan fingerprint density at radius 3 is 2.38 bits per heavy atom. The summed E-state index contributed by atoms with van der Waals surface area (Å²) < 4.78 is 5.42. The van der Waals surface area contributed by atoms with Gasteiger partial charge >= 0.3 is 5.97 Å². The Bertz CT molecular complexity index is 356. The van der Waals surface area contributed by atoms with E-state index in [0.29, 0.717) is 17.9 Å². The number of piperidine rings is 1. The van der Waals surface area contributed by atoms with Gasteiger partial charge in [0.2, 0.25) is 0 Å². The zero-order valence-electron chi connectivity index (χ0n) is 14.2. The van der Waals surface area contributed by atoms with E-state index in [1.54, 1.807) is 0 Å². The molecule has 2 aliphatic rings. The van der Waals surface area contributed by atoms with Crippen molar-refractivity contribution in [3.8, 4) is 0 Å². The number of likely N-dealkylation sites (N-methyl/N-ethyl adjacent to an activating group) is 1. The minimum atomic E-state index is -0.480. The number of esters is 1. The maximum Gasteiger partial charge on any atom is 0.327 e. The lowest BCUT2D eigenvalue weighted by Gasteiger charge is -2.42. The van der Waals surface area contributed by atoms with Gasteiger partial charge in [0.05, 0.1) is 6.61 Å². The monoisotopic (exact) mass is 296 g/mol. The standard InChI is InChI=1S/C17H32N2O2/c1-5-18-17(14-7-8-14,15(20)21-6-2)13-19-11-9-16(3,4)10-12-19/h14,18H,5-13H2,1-4H3. The van der Waals surface area contributed by atoms with E-state index >= 15 is 0 Å². The van der Waals surface area contributed by atoms with E-state index in [1.165, 1.54) is 12.8 Å². The Hall–Kier alpha value is -0.610. The minimum absolute atomic E-state index is 0.0424. The number of hydrogen-bond acceptors (Lipinski definition) is 4. The highest BCUT2D eigenvalue weighted by Crippen LogP contribution is 2.42. The van der Waals surface area contributed by atoms with Crippen LogP contribution in [0.4, 0.5) is 0 Å². The van der Waals surface area contributed by atoms with Crippen LogP contribution >= 0.6 is 0 Å². The second-order valence-electron chi connectivity index (χ2n) is 7.44. The first-order valence-electron chi connectivity index (χ1n) is 8.58. The summed E-state index contributed by atoms with van der Waals surface area (Å²) in [6.07, 6.45) is 4.71. The fourth-order valence-corrected chi connectivity index (χ4v) is 3.45. The molecular formula is C17H32N2O2. The maximum atomic E-state index is 12.6. The minimum Gasteiger partial charge on any atom is -0.465 e. The van der Waals surface area contributed by atoms with E-state index in [-0.39, 0.29) is 5.97 Å². The second kappa shape index (κ2) is 6.66. The van der Waals surface area contributed by atoms with Crippen molar-refractivity contribution in [1.82, 2.24) is 10.2 Å². The number of hydrogen-bond donors (Lipinski definition) is 1. The summed E-state index contributed by atoms with van der Waals surface area (Å²) in [4.78, 5) is 15.1. The summed E-state index contributed by atoms with van der Waals surface area (Å²) in [6.45, 7) is 12.9. The summed E-state index contributed by atoms with van der Waals surface area (Å²) in [5.74, 6) is 0.408. The van der Waals surface area contributed by atoms with Gasteiger partial charge in [-0.15, -0.1) is 0 Å². The van der Waals surface area contributed by atoms with Crippen molar-refractivity contribution in [3.05, 3.63) is 0 Å². The molecule has 0 amide bonds. The number of nitrogens with zero attached hydrogens (tertiary/aromatic N) is 1. The lowest BCUT2D eigenvalue weighted by Crippen LogP contribution is -2.62. The molecule has 1 aliphatic carbocycles. The molecule has 4 nitrogen and oxygen atoms in total. The zero-order chi connectivity index (χ0) is 15.5. The maximum absolute atomic E-state index is 12.6. The number of ether oxygens (including phenoxy) is 1. The Balaban J connectivity index is 2.06. The SMILES string of the molecule is CCNC(CN1CCC(C)(C)CC1)(C(=O)OCC)C1CC1. The number of likely N-dealkylation sites (tertiary alicyclic amines) is 1. The Kier molecular flexibility index (Phi) is 5.31. The van der Waals surface area contributed by atoms with Gasteiger partial charge in [-0.25, -0.2) is 4.79 Å². The van der Waals surface area contributed by atoms with Crippen molar-refractivity contribution in [2.24, 2.45) is 11.3 Å². The predicted octanol–water partition coefficient (Wildman–Crippen LogP) is 2.43. The molecule has 0 aromatic rings. The van der Waals surface area contributed by atoms with Gasteiger partial charge in [0.1, 0.15) is 5.54 Å². The van der Waals surface area contributed by atoms with Crippen LogP contribution < -0.4 is 5.32 Å². The van der Waals surface area contributed by atoms with Crippen LogP contribution in [0.25, 0.3) is 0 Å². The average molecular weight is 296 g/mol. The summed E-state index contributed by atoms with van der Waals surface area (Å²) >= 11 is 0. The number of carbonyl (C=O) groups is 1. The Labute approximate surface area is 129 Å². The molecule has 1 N–H and O–H groups in total. The van der Waals surface area contributed by atoms with E-state index in [9.17, 15) is 4.79 Å². The number of carbonyl (C=O) groups excluding carboxylic acids is 1. The number of nitrogens with one attached hydrogen (secondary N) is 1. The molecule has 0 bridgehead atoms. The first-order chi connectivity index (χ1) is 9.93. The number of rotatable bonds is 7. The van der Waals surface area contributed by atoms with E-state index in [1.807, 2.05) is 6.92 Å². The fourth-order valence-electron chi connectivity index (χ4n) is 3.45. The smallest absolute Gasteiger partial charge is 0.327 e. The molecule has 2 rings (SSSR count). The molecule has 0 radical (unpaired) electrons. The van der Waals surface area contributed by atoms with Gasteiger partial charge in [0, 0.05) is 6.54 Å². The van der Waals surface area contributed by atoms with Gasteiger partial charge in [0.15, 0.2) is 0 Å². The lowest BCUT2D eigenvalue weighted by atomic mass is 9.81. The quantitative estimate of drug-likeness (QED) is 0.733. The van der Waals surface area contributed by atoms with Crippen LogP contribution in [0.3, 0.4) is 0 Å². The van der Waals surface area contributed by atoms with E-state index in [2.05, 4.69) is 31.0 Å². The Morgan fingerprint density at radius 2 is 1.90 bits per heavy atom. The fraction of sp³-hybridized carbons (Fsp3) is 0.941. The molecule has 1 aliphatic heterocycles. The van der Waals surface area contributed by atoms with Crippen molar-refractivity contribution in [3.63, 3.8) is 0 Å². The van der Waals surface area contributed by atoms with Gasteiger partial charge < -0.3 is 15.0 Å². The third kappa shape index (κ3) is 3.98. The van der Waals surface area contributed by atoms with E-state index in [4.69, 9.17) is 4.74 Å². The van der Waals surface area contributed by atoms with Gasteiger partial charge in [0.25, 0.3) is 0 Å². The average Bonchev–Trinajstić information content (AvgIpc) is 3.25. The highest BCUT2D eigenvalue weighted by Gasteiger charge is 2.52. The molecule has 1 atom stereocenters. The molecule has 21 heavy (non-hydrogen) atoms. The third-order valence-corrected chi connectivity index (χ3v) is 5.09. The van der Waals surface area contributed by atoms with Crippen molar-refractivity contribution < 1.29 is 9.53 Å². The van der Waals surface area contributed by atoms with Crippen LogP contribution in [0, 0.1) is 11.3 Å². The third-order valence-electron chi connectivity index (χ3n) is 5.09. The summed E-state index contributed by atoms with van der Waals surface area (Å²) in [5.41, 5.74) is -0.0346.